The van der Waals surface area contributed by atoms with Crippen molar-refractivity contribution in [3.63, 3.8) is 0 Å². The largest absolute Gasteiger partial charge is 0.449 e. The molecule has 1 heterocycles. The molecule has 0 saturated heterocycles. The van der Waals surface area contributed by atoms with Gasteiger partial charge in [0.05, 0.1) is 18.7 Å². The Morgan fingerprint density at radius 1 is 1.23 bits per heavy atom. The maximum absolute atomic E-state index is 11.7. The third-order valence-corrected chi connectivity index (χ3v) is 3.71. The summed E-state index contributed by atoms with van der Waals surface area (Å²) in [7, 11) is 0. The topological polar surface area (TPSA) is 80.3 Å². The van der Waals surface area contributed by atoms with Crippen LogP contribution in [-0.4, -0.2) is 23.6 Å². The molecule has 7 heteroatoms. The molecule has 2 amide bonds. The monoisotopic (exact) mass is 319 g/mol. The number of benzene rings is 1. The van der Waals surface area contributed by atoms with Crippen LogP contribution in [0.5, 0.6) is 0 Å². The summed E-state index contributed by atoms with van der Waals surface area (Å²) in [5.74, 6) is -0.353. The molecule has 0 saturated carbocycles. The molecule has 1 aromatic carbocycles. The standard InChI is InChI=1S/C15H17N3O3S/c1-3-21-15(20)18-17-13(19)8-12-9-22-14(16-12)11-6-4-10(2)5-7-11/h4-7,9H,3,8H2,1-2H3,(H,17,19)(H,18,20). The minimum absolute atomic E-state index is 0.0920. The highest BCUT2D eigenvalue weighted by atomic mass is 32.1. The van der Waals surface area contributed by atoms with Crippen LogP contribution in [0.3, 0.4) is 0 Å². The van der Waals surface area contributed by atoms with Crippen molar-refractivity contribution < 1.29 is 14.3 Å². The molecule has 0 spiro atoms. The Labute approximate surface area is 132 Å². The summed E-state index contributed by atoms with van der Waals surface area (Å²) in [6, 6.07) is 8.04. The van der Waals surface area contributed by atoms with E-state index in [1.54, 1.807) is 6.92 Å². The average molecular weight is 319 g/mol. The Hall–Kier alpha value is -2.41. The van der Waals surface area contributed by atoms with E-state index >= 15 is 0 Å². The number of carbonyl (C=O) groups is 2. The van der Waals surface area contributed by atoms with Gasteiger partial charge < -0.3 is 4.74 Å². The van der Waals surface area contributed by atoms with Crippen LogP contribution < -0.4 is 10.9 Å². The fraction of sp³-hybridized carbons (Fsp3) is 0.267. The first-order valence-electron chi connectivity index (χ1n) is 6.81. The van der Waals surface area contributed by atoms with Gasteiger partial charge >= 0.3 is 6.09 Å². The van der Waals surface area contributed by atoms with Crippen LogP contribution in [0.1, 0.15) is 18.2 Å². The smallest absolute Gasteiger partial charge is 0.426 e. The number of aryl methyl sites for hydroxylation is 1. The zero-order valence-electron chi connectivity index (χ0n) is 12.4. The number of carbonyl (C=O) groups excluding carboxylic acids is 2. The minimum atomic E-state index is -0.686. The number of hydrazine groups is 1. The fourth-order valence-electron chi connectivity index (χ4n) is 1.71. The maximum Gasteiger partial charge on any atom is 0.426 e. The first-order chi connectivity index (χ1) is 10.6. The number of nitrogens with zero attached hydrogens (tertiary/aromatic N) is 1. The van der Waals surface area contributed by atoms with E-state index in [-0.39, 0.29) is 18.9 Å². The van der Waals surface area contributed by atoms with Crippen LogP contribution in [0.4, 0.5) is 4.79 Å². The Morgan fingerprint density at radius 3 is 2.64 bits per heavy atom. The highest BCUT2D eigenvalue weighted by Gasteiger charge is 2.10. The van der Waals surface area contributed by atoms with E-state index in [1.165, 1.54) is 16.9 Å². The van der Waals surface area contributed by atoms with Gasteiger partial charge in [0.25, 0.3) is 0 Å². The van der Waals surface area contributed by atoms with E-state index in [1.807, 2.05) is 36.6 Å². The minimum Gasteiger partial charge on any atom is -0.449 e. The number of thiazole rings is 1. The van der Waals surface area contributed by atoms with Crippen molar-refractivity contribution in [3.05, 3.63) is 40.9 Å². The second kappa shape index (κ2) is 7.56. The summed E-state index contributed by atoms with van der Waals surface area (Å²) in [5, 5.41) is 2.69. The van der Waals surface area contributed by atoms with Gasteiger partial charge in [0, 0.05) is 10.9 Å². The molecule has 0 bridgehead atoms. The first kappa shape index (κ1) is 16.0. The van der Waals surface area contributed by atoms with E-state index in [0.29, 0.717) is 5.69 Å². The Balaban J connectivity index is 1.90. The highest BCUT2D eigenvalue weighted by Crippen LogP contribution is 2.24. The number of rotatable bonds is 4. The molecule has 2 N–H and O–H groups in total. The number of nitrogens with one attached hydrogen (secondary N) is 2. The first-order valence-corrected chi connectivity index (χ1v) is 7.69. The molecule has 0 radical (unpaired) electrons. The lowest BCUT2D eigenvalue weighted by molar-refractivity contribution is -0.121. The Bertz CT molecular complexity index is 652. The summed E-state index contributed by atoms with van der Waals surface area (Å²) in [6.45, 7) is 3.95. The molecule has 0 aliphatic carbocycles. The number of hydrogen-bond donors (Lipinski definition) is 2. The molecule has 2 aromatic rings. The van der Waals surface area contributed by atoms with Crippen molar-refractivity contribution in [1.29, 1.82) is 0 Å². The van der Waals surface area contributed by atoms with Crippen molar-refractivity contribution in [3.8, 4) is 10.6 Å². The molecule has 0 fully saturated rings. The maximum atomic E-state index is 11.7. The van der Waals surface area contributed by atoms with E-state index in [9.17, 15) is 9.59 Å². The molecular formula is C15H17N3O3S. The molecule has 22 heavy (non-hydrogen) atoms. The van der Waals surface area contributed by atoms with Crippen molar-refractivity contribution in [2.75, 3.05) is 6.61 Å². The van der Waals surface area contributed by atoms with Gasteiger partial charge in [0.15, 0.2) is 0 Å². The Morgan fingerprint density at radius 2 is 1.95 bits per heavy atom. The van der Waals surface area contributed by atoms with E-state index in [2.05, 4.69) is 20.6 Å². The van der Waals surface area contributed by atoms with Crippen molar-refractivity contribution in [1.82, 2.24) is 15.8 Å². The van der Waals surface area contributed by atoms with E-state index in [4.69, 9.17) is 0 Å². The van der Waals surface area contributed by atoms with Crippen molar-refractivity contribution >= 4 is 23.3 Å². The van der Waals surface area contributed by atoms with Crippen molar-refractivity contribution in [2.45, 2.75) is 20.3 Å². The van der Waals surface area contributed by atoms with Gasteiger partial charge in [-0.3, -0.25) is 10.2 Å². The predicted octanol–water partition coefficient (Wildman–Crippen LogP) is 2.44. The van der Waals surface area contributed by atoms with Crippen LogP contribution >= 0.6 is 11.3 Å². The normalized spacial score (nSPS) is 10.1. The van der Waals surface area contributed by atoms with Crippen LogP contribution in [0.15, 0.2) is 29.6 Å². The van der Waals surface area contributed by atoms with Gasteiger partial charge in [-0.1, -0.05) is 29.8 Å². The van der Waals surface area contributed by atoms with Gasteiger partial charge in [0.2, 0.25) is 5.91 Å². The highest BCUT2D eigenvalue weighted by molar-refractivity contribution is 7.13. The van der Waals surface area contributed by atoms with Gasteiger partial charge in [-0.2, -0.15) is 0 Å². The predicted molar refractivity (Wildman–Crippen MR) is 84.3 cm³/mol. The van der Waals surface area contributed by atoms with Gasteiger partial charge in [-0.25, -0.2) is 15.2 Å². The van der Waals surface area contributed by atoms with E-state index in [0.717, 1.165) is 10.6 Å². The number of aromatic nitrogens is 1. The summed E-state index contributed by atoms with van der Waals surface area (Å²) in [6.07, 6.45) is -0.594. The molecule has 0 aliphatic rings. The molecule has 0 aliphatic heterocycles. The summed E-state index contributed by atoms with van der Waals surface area (Å²) in [4.78, 5) is 27.2. The fourth-order valence-corrected chi connectivity index (χ4v) is 2.54. The third kappa shape index (κ3) is 4.56. The lowest BCUT2D eigenvalue weighted by atomic mass is 10.2. The molecule has 6 nitrogen and oxygen atoms in total. The lowest BCUT2D eigenvalue weighted by Crippen LogP contribution is -2.42. The van der Waals surface area contributed by atoms with Crippen LogP contribution in [0, 0.1) is 6.92 Å². The zero-order valence-corrected chi connectivity index (χ0v) is 13.2. The van der Waals surface area contributed by atoms with Crippen LogP contribution in [0.25, 0.3) is 10.6 Å². The second-order valence-electron chi connectivity index (χ2n) is 4.58. The van der Waals surface area contributed by atoms with Gasteiger partial charge in [-0.05, 0) is 13.8 Å². The van der Waals surface area contributed by atoms with Gasteiger partial charge in [-0.15, -0.1) is 11.3 Å². The quantitative estimate of drug-likeness (QED) is 0.848. The lowest BCUT2D eigenvalue weighted by Gasteiger charge is -2.05. The van der Waals surface area contributed by atoms with Crippen LogP contribution in [0.2, 0.25) is 0 Å². The molecule has 116 valence electrons. The molecule has 1 aromatic heterocycles. The number of hydrogen-bond acceptors (Lipinski definition) is 5. The van der Waals surface area contributed by atoms with Gasteiger partial charge in [0.1, 0.15) is 5.01 Å². The Kier molecular flexibility index (Phi) is 5.48. The average Bonchev–Trinajstić information content (AvgIpc) is 2.95. The molecular weight excluding hydrogens is 302 g/mol. The SMILES string of the molecule is CCOC(=O)NNC(=O)Cc1csc(-c2ccc(C)cc2)n1. The summed E-state index contributed by atoms with van der Waals surface area (Å²) < 4.78 is 4.64. The molecule has 0 unspecified atom stereocenters. The summed E-state index contributed by atoms with van der Waals surface area (Å²) in [5.41, 5.74) is 7.30. The van der Waals surface area contributed by atoms with Crippen LogP contribution in [-0.2, 0) is 16.0 Å². The van der Waals surface area contributed by atoms with Crippen molar-refractivity contribution in [2.24, 2.45) is 0 Å². The second-order valence-corrected chi connectivity index (χ2v) is 5.44. The molecule has 2 rings (SSSR count). The third-order valence-electron chi connectivity index (χ3n) is 2.77. The zero-order chi connectivity index (χ0) is 15.9. The number of ether oxygens (including phenoxy) is 1. The summed E-state index contributed by atoms with van der Waals surface area (Å²) >= 11 is 1.48. The molecule has 0 atom stereocenters. The van der Waals surface area contributed by atoms with E-state index < -0.39 is 6.09 Å². The number of amides is 2.